The summed E-state index contributed by atoms with van der Waals surface area (Å²) in [5, 5.41) is 0. The molecule has 0 spiro atoms. The maximum atomic E-state index is 4.10. The lowest BCUT2D eigenvalue weighted by Gasteiger charge is -1.89. The van der Waals surface area contributed by atoms with E-state index in [-0.39, 0.29) is 12.4 Å². The Morgan fingerprint density at radius 2 is 2.00 bits per heavy atom. The predicted molar refractivity (Wildman–Crippen MR) is 42.5 cm³/mol. The van der Waals surface area contributed by atoms with E-state index in [1.165, 1.54) is 0 Å². The summed E-state index contributed by atoms with van der Waals surface area (Å²) in [5.74, 6) is 0.693. The summed E-state index contributed by atoms with van der Waals surface area (Å²) < 4.78 is 3.80. The van der Waals surface area contributed by atoms with Crippen molar-refractivity contribution in [3.63, 3.8) is 0 Å². The Morgan fingerprint density at radius 3 is 2.54 bits per heavy atom. The second kappa shape index (κ2) is 4.00. The van der Waals surface area contributed by atoms with Crippen molar-refractivity contribution in [1.29, 1.82) is 0 Å². The summed E-state index contributed by atoms with van der Waals surface area (Å²) in [6.07, 6.45) is 9.21. The van der Waals surface area contributed by atoms with Crippen LogP contribution < -0.4 is 17.0 Å². The molecule has 0 N–H and O–H groups in total. The normalized spacial score (nSPS) is 9.31. The number of nitrogens with zero attached hydrogens (tertiary/aromatic N) is 4. The van der Waals surface area contributed by atoms with Gasteiger partial charge in [-0.05, 0) is 6.07 Å². The molecule has 0 radical (unpaired) electrons. The first-order valence-electron chi connectivity index (χ1n) is 3.67. The Balaban J connectivity index is 0.000000845. The van der Waals surface area contributed by atoms with Crippen LogP contribution in [0.2, 0.25) is 0 Å². The number of hydrogen-bond donors (Lipinski definition) is 0. The molecule has 0 aromatic carbocycles. The molecule has 2 rings (SSSR count). The largest absolute Gasteiger partial charge is 1.00 e. The summed E-state index contributed by atoms with van der Waals surface area (Å²) in [4.78, 5) is 8.20. The van der Waals surface area contributed by atoms with E-state index in [9.17, 15) is 0 Å². The molecule has 0 unspecified atom stereocenters. The molecule has 13 heavy (non-hydrogen) atoms. The summed E-state index contributed by atoms with van der Waals surface area (Å²) in [7, 11) is 1.96. The second-order valence-corrected chi connectivity index (χ2v) is 2.54. The van der Waals surface area contributed by atoms with Gasteiger partial charge in [0.15, 0.2) is 0 Å². The third kappa shape index (κ3) is 2.03. The maximum absolute atomic E-state index is 4.10. The molecule has 4 nitrogen and oxygen atoms in total. The van der Waals surface area contributed by atoms with E-state index < -0.39 is 0 Å². The zero-order valence-corrected chi connectivity index (χ0v) is 7.89. The average molecular weight is 197 g/mol. The van der Waals surface area contributed by atoms with E-state index in [2.05, 4.69) is 9.97 Å². The first-order valence-corrected chi connectivity index (χ1v) is 3.67. The van der Waals surface area contributed by atoms with Crippen molar-refractivity contribution in [3.8, 4) is 5.95 Å². The van der Waals surface area contributed by atoms with Crippen LogP contribution in [0.15, 0.2) is 37.2 Å². The highest BCUT2D eigenvalue weighted by Crippen LogP contribution is 1.94. The Labute approximate surface area is 82.3 Å². The van der Waals surface area contributed by atoms with Gasteiger partial charge in [-0.25, -0.2) is 4.57 Å². The molecule has 0 saturated carbocycles. The Hall–Kier alpha value is -1.42. The Bertz CT molecular complexity index is 371. The van der Waals surface area contributed by atoms with Crippen LogP contribution in [0.5, 0.6) is 0 Å². The summed E-state index contributed by atoms with van der Waals surface area (Å²) >= 11 is 0. The fraction of sp³-hybridized carbons (Fsp3) is 0.125. The zero-order chi connectivity index (χ0) is 8.39. The highest BCUT2D eigenvalue weighted by Gasteiger charge is 2.04. The molecule has 2 aromatic heterocycles. The van der Waals surface area contributed by atoms with Crippen LogP contribution in [-0.4, -0.2) is 14.5 Å². The molecule has 0 aliphatic heterocycles. The SMILES string of the molecule is C[n+]1ccn(-c2ncccn2)c1.[Cl-]. The van der Waals surface area contributed by atoms with Crippen molar-refractivity contribution in [1.82, 2.24) is 14.5 Å². The zero-order valence-electron chi connectivity index (χ0n) is 7.13. The van der Waals surface area contributed by atoms with Gasteiger partial charge < -0.3 is 12.4 Å². The summed E-state index contributed by atoms with van der Waals surface area (Å²) in [6, 6.07) is 1.80. The molecule has 5 heteroatoms. The molecule has 0 amide bonds. The van der Waals surface area contributed by atoms with Crippen LogP contribution in [0.4, 0.5) is 0 Å². The molecule has 0 aliphatic rings. The standard InChI is InChI=1S/C8H9N4.ClH/c1-11-5-6-12(7-11)8-9-3-2-4-10-8;/h2-7H,1H3;1H/q+1;/p-1. The van der Waals surface area contributed by atoms with Gasteiger partial charge in [-0.2, -0.15) is 14.5 Å². The molecule has 2 heterocycles. The third-order valence-electron chi connectivity index (χ3n) is 1.55. The van der Waals surface area contributed by atoms with Crippen LogP contribution in [0, 0.1) is 0 Å². The highest BCUT2D eigenvalue weighted by atomic mass is 35.5. The quantitative estimate of drug-likeness (QED) is 0.459. The monoisotopic (exact) mass is 196 g/mol. The van der Waals surface area contributed by atoms with Crippen molar-refractivity contribution in [2.75, 3.05) is 0 Å². The van der Waals surface area contributed by atoms with E-state index in [4.69, 9.17) is 0 Å². The number of halogens is 1. The molecule has 0 bridgehead atoms. The van der Waals surface area contributed by atoms with E-state index in [0.717, 1.165) is 0 Å². The van der Waals surface area contributed by atoms with Crippen LogP contribution in [0.1, 0.15) is 0 Å². The third-order valence-corrected chi connectivity index (χ3v) is 1.55. The van der Waals surface area contributed by atoms with Gasteiger partial charge in [0.05, 0.1) is 7.05 Å². The van der Waals surface area contributed by atoms with E-state index in [0.29, 0.717) is 5.95 Å². The molecule has 0 aliphatic carbocycles. The minimum Gasteiger partial charge on any atom is -1.00 e. The van der Waals surface area contributed by atoms with E-state index in [1.54, 1.807) is 18.5 Å². The van der Waals surface area contributed by atoms with Crippen molar-refractivity contribution < 1.29 is 17.0 Å². The predicted octanol–water partition coefficient (Wildman–Crippen LogP) is -2.90. The smallest absolute Gasteiger partial charge is 0.325 e. The number of hydrogen-bond acceptors (Lipinski definition) is 2. The molecule has 0 atom stereocenters. The van der Waals surface area contributed by atoms with E-state index >= 15 is 0 Å². The first-order chi connectivity index (χ1) is 5.86. The van der Waals surface area contributed by atoms with Gasteiger partial charge in [-0.1, -0.05) is 0 Å². The van der Waals surface area contributed by atoms with Crippen molar-refractivity contribution >= 4 is 0 Å². The second-order valence-electron chi connectivity index (χ2n) is 2.54. The minimum atomic E-state index is 0. The topological polar surface area (TPSA) is 34.6 Å². The molecule has 0 fully saturated rings. The number of aromatic nitrogens is 4. The van der Waals surface area contributed by atoms with Gasteiger partial charge in [0.1, 0.15) is 12.4 Å². The average Bonchev–Trinajstić information content (AvgIpc) is 2.54. The van der Waals surface area contributed by atoms with Crippen molar-refractivity contribution in [2.45, 2.75) is 0 Å². The van der Waals surface area contributed by atoms with Crippen molar-refractivity contribution in [3.05, 3.63) is 37.2 Å². The number of aryl methyl sites for hydroxylation is 1. The van der Waals surface area contributed by atoms with E-state index in [1.807, 2.05) is 34.9 Å². The van der Waals surface area contributed by atoms with Crippen LogP contribution in [-0.2, 0) is 7.05 Å². The summed E-state index contributed by atoms with van der Waals surface area (Å²) in [6.45, 7) is 0. The molecule has 0 saturated heterocycles. The fourth-order valence-electron chi connectivity index (χ4n) is 0.993. The van der Waals surface area contributed by atoms with Gasteiger partial charge >= 0.3 is 5.95 Å². The van der Waals surface area contributed by atoms with Gasteiger partial charge in [-0.3, -0.25) is 0 Å². The van der Waals surface area contributed by atoms with Gasteiger partial charge in [-0.15, -0.1) is 0 Å². The lowest BCUT2D eigenvalue weighted by Crippen LogP contribution is -3.00. The molecular formula is C8H9ClN4. The van der Waals surface area contributed by atoms with Crippen LogP contribution in [0.25, 0.3) is 5.95 Å². The summed E-state index contributed by atoms with van der Waals surface area (Å²) in [5.41, 5.74) is 0. The van der Waals surface area contributed by atoms with Gasteiger partial charge in [0.2, 0.25) is 0 Å². The first kappa shape index (κ1) is 9.67. The van der Waals surface area contributed by atoms with Gasteiger partial charge in [0, 0.05) is 12.4 Å². The fourth-order valence-corrected chi connectivity index (χ4v) is 0.993. The van der Waals surface area contributed by atoms with Crippen LogP contribution in [0.3, 0.4) is 0 Å². The maximum Gasteiger partial charge on any atom is 0.325 e. The molecular weight excluding hydrogens is 188 g/mol. The van der Waals surface area contributed by atoms with Crippen LogP contribution >= 0.6 is 0 Å². The Morgan fingerprint density at radius 1 is 1.31 bits per heavy atom. The molecule has 68 valence electrons. The minimum absolute atomic E-state index is 0. The number of imidazole rings is 1. The lowest BCUT2D eigenvalue weighted by molar-refractivity contribution is -0.670. The van der Waals surface area contributed by atoms with Crippen molar-refractivity contribution in [2.24, 2.45) is 7.05 Å². The molecule has 2 aromatic rings. The number of rotatable bonds is 1. The van der Waals surface area contributed by atoms with Gasteiger partial charge in [0.25, 0.3) is 6.33 Å². The Kier molecular flexibility index (Phi) is 2.97. The lowest BCUT2D eigenvalue weighted by atomic mass is 10.7. The highest BCUT2D eigenvalue weighted by molar-refractivity contribution is 5.07.